The van der Waals surface area contributed by atoms with E-state index in [-0.39, 0.29) is 0 Å². The fourth-order valence-electron chi connectivity index (χ4n) is 17.8. The van der Waals surface area contributed by atoms with Crippen molar-refractivity contribution in [2.45, 2.75) is 0 Å². The summed E-state index contributed by atoms with van der Waals surface area (Å²) in [6.45, 7) is 0. The number of thiophene rings is 3. The van der Waals surface area contributed by atoms with Crippen LogP contribution in [-0.2, 0) is 0 Å². The van der Waals surface area contributed by atoms with Gasteiger partial charge in [0.2, 0.25) is 0 Å². The molecule has 518 valence electrons. The van der Waals surface area contributed by atoms with Crippen LogP contribution in [0.5, 0.6) is 0 Å². The minimum atomic E-state index is 1.24. The predicted molar refractivity (Wildman–Crippen MR) is 487 cm³/mol. The Kier molecular flexibility index (Phi) is 16.6. The molecule has 0 saturated carbocycles. The van der Waals surface area contributed by atoms with Crippen LogP contribution >= 0.6 is 34.0 Å². The minimum absolute atomic E-state index is 1.24. The van der Waals surface area contributed by atoms with E-state index < -0.39 is 0 Å². The van der Waals surface area contributed by atoms with E-state index in [1.807, 2.05) is 34.0 Å². The first kappa shape index (κ1) is 65.9. The maximum Gasteiger partial charge on any atom is 0.0361 e. The Bertz CT molecular complexity index is 7400. The normalized spacial score (nSPS) is 11.6. The maximum atomic E-state index is 2.34. The van der Waals surface area contributed by atoms with Crippen LogP contribution in [0.2, 0.25) is 0 Å². The van der Waals surface area contributed by atoms with Crippen molar-refractivity contribution in [1.29, 1.82) is 0 Å². The molecular formula is C108H68S3. The van der Waals surface area contributed by atoms with Crippen LogP contribution in [0.15, 0.2) is 413 Å². The summed E-state index contributed by atoms with van der Waals surface area (Å²) in [7, 11) is 0. The number of benzene rings is 20. The molecule has 3 heterocycles. The van der Waals surface area contributed by atoms with Gasteiger partial charge >= 0.3 is 0 Å². The quantitative estimate of drug-likeness (QED) is 0.133. The predicted octanol–water partition coefficient (Wildman–Crippen LogP) is 32.4. The van der Waals surface area contributed by atoms with Gasteiger partial charge in [-0.1, -0.05) is 370 Å². The fourth-order valence-corrected chi connectivity index (χ4v) is 21.2. The highest BCUT2D eigenvalue weighted by Crippen LogP contribution is 2.53. The zero-order chi connectivity index (χ0) is 73.3. The standard InChI is InChI=1S/2C38H24S.C32H20S/c1-2-12-25(13-3-1)26-14-10-15-27(24-26)36-28-16-4-6-18-30(28)37(31-19-7-5-17-29(31)36)33-21-11-23-35-38(33)32-20-8-9-22-34(32)39-35;1-2-13-25(14-3-1)26-15-4-5-16-27(26)36-28-17-6-8-19-30(28)37(31-20-9-7-18-29(31)36)33-22-12-24-35-38(33)32-21-10-11-23-34(32)39-35;1-2-11-21(12-3-1)30-22-13-4-6-15-24(22)31(25-16-7-5-14-23(25)30)27-18-10-20-29-32(27)26-17-8-9-19-28(26)33-29/h2*1-24H;1-20H. The van der Waals surface area contributed by atoms with Crippen LogP contribution in [0, 0.1) is 0 Å². The molecule has 0 aliphatic rings. The number of hydrogen-bond acceptors (Lipinski definition) is 3. The van der Waals surface area contributed by atoms with E-state index in [1.165, 1.54) is 214 Å². The number of hydrogen-bond donors (Lipinski definition) is 0. The number of rotatable bonds is 8. The Hall–Kier alpha value is -13.4. The summed E-state index contributed by atoms with van der Waals surface area (Å²) in [6.07, 6.45) is 0. The van der Waals surface area contributed by atoms with Crippen molar-refractivity contribution in [2.75, 3.05) is 0 Å². The monoisotopic (exact) mass is 1460 g/mol. The molecule has 0 bridgehead atoms. The molecule has 0 N–H and O–H groups in total. The van der Waals surface area contributed by atoms with E-state index in [9.17, 15) is 0 Å². The molecular weight excluding hydrogens is 1390 g/mol. The average molecular weight is 1460 g/mol. The highest BCUT2D eigenvalue weighted by molar-refractivity contribution is 7.26. The van der Waals surface area contributed by atoms with Crippen LogP contribution in [0.1, 0.15) is 0 Å². The van der Waals surface area contributed by atoms with Crippen molar-refractivity contribution in [1.82, 2.24) is 0 Å². The van der Waals surface area contributed by atoms with Crippen molar-refractivity contribution in [3.63, 3.8) is 0 Å². The van der Waals surface area contributed by atoms with Gasteiger partial charge in [0.15, 0.2) is 0 Å². The summed E-state index contributed by atoms with van der Waals surface area (Å²) in [5.74, 6) is 0. The fraction of sp³-hybridized carbons (Fsp3) is 0. The third-order valence-corrected chi connectivity index (χ3v) is 25.8. The van der Waals surface area contributed by atoms with Crippen LogP contribution in [-0.4, -0.2) is 0 Å². The summed E-state index contributed by atoms with van der Waals surface area (Å²) in [5, 5.41) is 23.6. The Morgan fingerprint density at radius 2 is 0.333 bits per heavy atom. The summed E-state index contributed by atoms with van der Waals surface area (Å²) in [4.78, 5) is 0. The maximum absolute atomic E-state index is 2.34. The summed E-state index contributed by atoms with van der Waals surface area (Å²) < 4.78 is 8.02. The lowest BCUT2D eigenvalue weighted by Gasteiger charge is -2.20. The SMILES string of the molecule is c1ccc(-c2c3ccccc3c(-c3cccc4sc5ccccc5c34)c3ccccc23)cc1.c1ccc(-c2cccc(-c3c4ccccc4c(-c4cccc5sc6ccccc6c45)c4ccccc34)c2)cc1.c1ccc(-c2ccccc2-c2c3ccccc3c(-c3cccc4sc5ccccc5c34)c3ccccc23)cc1. The Balaban J connectivity index is 0.000000106. The first-order valence-corrected chi connectivity index (χ1v) is 40.5. The average Bonchev–Trinajstić information content (AvgIpc) is 1.61. The second-order valence-corrected chi connectivity index (χ2v) is 31.8. The summed E-state index contributed by atoms with van der Waals surface area (Å²) in [6, 6.07) is 150. The van der Waals surface area contributed by atoms with Gasteiger partial charge in [0.1, 0.15) is 0 Å². The van der Waals surface area contributed by atoms with Gasteiger partial charge in [-0.05, 0) is 196 Å². The molecule has 0 nitrogen and oxygen atoms in total. The van der Waals surface area contributed by atoms with Crippen LogP contribution in [0.4, 0.5) is 0 Å². The summed E-state index contributed by atoms with van der Waals surface area (Å²) >= 11 is 5.64. The van der Waals surface area contributed by atoms with Gasteiger partial charge in [-0.15, -0.1) is 34.0 Å². The molecule has 3 heteroatoms. The molecule has 0 spiro atoms. The molecule has 0 saturated heterocycles. The first-order valence-electron chi connectivity index (χ1n) is 38.0. The molecule has 0 unspecified atom stereocenters. The van der Waals surface area contributed by atoms with Crippen LogP contribution < -0.4 is 0 Å². The minimum Gasteiger partial charge on any atom is -0.135 e. The second-order valence-electron chi connectivity index (χ2n) is 28.6. The third-order valence-electron chi connectivity index (χ3n) is 22.4. The van der Waals surface area contributed by atoms with Crippen molar-refractivity contribution >= 4 is 159 Å². The molecule has 3 aromatic heterocycles. The smallest absolute Gasteiger partial charge is 0.0361 e. The van der Waals surface area contributed by atoms with Crippen LogP contribution in [0.25, 0.3) is 214 Å². The van der Waals surface area contributed by atoms with E-state index in [1.54, 1.807) is 0 Å². The van der Waals surface area contributed by atoms with Gasteiger partial charge in [0.05, 0.1) is 0 Å². The highest BCUT2D eigenvalue weighted by atomic mass is 32.1. The molecule has 0 aliphatic heterocycles. The lowest BCUT2D eigenvalue weighted by molar-refractivity contribution is 1.61. The second kappa shape index (κ2) is 28.0. The van der Waals surface area contributed by atoms with Gasteiger partial charge in [-0.25, -0.2) is 0 Å². The van der Waals surface area contributed by atoms with Crippen molar-refractivity contribution in [3.8, 4) is 89.0 Å². The van der Waals surface area contributed by atoms with E-state index in [2.05, 4.69) is 413 Å². The molecule has 0 amide bonds. The topological polar surface area (TPSA) is 0 Å². The van der Waals surface area contributed by atoms with Crippen LogP contribution in [0.3, 0.4) is 0 Å². The van der Waals surface area contributed by atoms with E-state index >= 15 is 0 Å². The molecule has 0 aliphatic carbocycles. The molecule has 111 heavy (non-hydrogen) atoms. The van der Waals surface area contributed by atoms with E-state index in [0.29, 0.717) is 0 Å². The zero-order valence-electron chi connectivity index (χ0n) is 60.5. The largest absolute Gasteiger partial charge is 0.135 e. The molecule has 20 aromatic carbocycles. The Labute approximate surface area is 655 Å². The van der Waals surface area contributed by atoms with Gasteiger partial charge < -0.3 is 0 Å². The van der Waals surface area contributed by atoms with Gasteiger partial charge in [-0.3, -0.25) is 0 Å². The van der Waals surface area contributed by atoms with Crippen molar-refractivity contribution < 1.29 is 0 Å². The lowest BCUT2D eigenvalue weighted by Crippen LogP contribution is -1.93. The van der Waals surface area contributed by atoms with Crippen molar-refractivity contribution in [3.05, 3.63) is 413 Å². The molecule has 23 aromatic rings. The number of fused-ring (bicyclic) bond motifs is 15. The molecule has 0 fully saturated rings. The van der Waals surface area contributed by atoms with E-state index in [0.717, 1.165) is 0 Å². The van der Waals surface area contributed by atoms with Gasteiger partial charge in [-0.2, -0.15) is 0 Å². The molecule has 0 radical (unpaired) electrons. The Morgan fingerprint density at radius 1 is 0.117 bits per heavy atom. The highest BCUT2D eigenvalue weighted by Gasteiger charge is 2.25. The molecule has 23 rings (SSSR count). The van der Waals surface area contributed by atoms with Crippen molar-refractivity contribution in [2.24, 2.45) is 0 Å². The lowest BCUT2D eigenvalue weighted by atomic mass is 9.83. The first-order chi connectivity index (χ1) is 55.1. The summed E-state index contributed by atoms with van der Waals surface area (Å²) in [5.41, 5.74) is 20.5. The van der Waals surface area contributed by atoms with Gasteiger partial charge in [0.25, 0.3) is 0 Å². The third kappa shape index (κ3) is 11.3. The molecule has 0 atom stereocenters. The zero-order valence-corrected chi connectivity index (χ0v) is 62.9. The Morgan fingerprint density at radius 3 is 0.685 bits per heavy atom. The van der Waals surface area contributed by atoms with Gasteiger partial charge in [0, 0.05) is 60.5 Å². The van der Waals surface area contributed by atoms with E-state index in [4.69, 9.17) is 0 Å².